The Morgan fingerprint density at radius 2 is 1.84 bits per heavy atom. The highest BCUT2D eigenvalue weighted by Gasteiger charge is 2.55. The maximum Gasteiger partial charge on any atom is 0.417 e. The molecule has 0 radical (unpaired) electrons. The van der Waals surface area contributed by atoms with Gasteiger partial charge >= 0.3 is 18.2 Å². The van der Waals surface area contributed by atoms with Crippen molar-refractivity contribution in [2.45, 2.75) is 87.1 Å². The van der Waals surface area contributed by atoms with Gasteiger partial charge in [0.1, 0.15) is 5.54 Å². The van der Waals surface area contributed by atoms with E-state index in [1.807, 2.05) is 0 Å². The number of carboxylic acid groups (broad SMARTS) is 1. The Bertz CT molecular complexity index is 1280. The predicted octanol–water partition coefficient (Wildman–Crippen LogP) is 5.39. The summed E-state index contributed by atoms with van der Waals surface area (Å²) in [5.41, 5.74) is -2.96. The minimum Gasteiger partial charge on any atom is -0.480 e. The van der Waals surface area contributed by atoms with Crippen LogP contribution in [0.4, 0.5) is 26.7 Å². The minimum absolute atomic E-state index is 0.0130. The van der Waals surface area contributed by atoms with Crippen molar-refractivity contribution in [1.29, 1.82) is 5.26 Å². The van der Waals surface area contributed by atoms with Crippen LogP contribution in [0.15, 0.2) is 23.1 Å². The van der Waals surface area contributed by atoms with Crippen LogP contribution in [0.5, 0.6) is 0 Å². The van der Waals surface area contributed by atoms with Crippen LogP contribution in [0.25, 0.3) is 0 Å². The number of halogens is 5. The molecule has 1 aliphatic carbocycles. The summed E-state index contributed by atoms with van der Waals surface area (Å²) >= 11 is 0.580. The number of alkyl halides is 5. The highest BCUT2D eigenvalue weighted by atomic mass is 32.2. The molecule has 1 aromatic carbocycles. The van der Waals surface area contributed by atoms with Crippen molar-refractivity contribution in [3.05, 3.63) is 29.3 Å². The van der Waals surface area contributed by atoms with Crippen LogP contribution in [0, 0.1) is 17.2 Å². The van der Waals surface area contributed by atoms with Gasteiger partial charge in [-0.05, 0) is 89.1 Å². The molecule has 1 aromatic rings. The second-order valence-electron chi connectivity index (χ2n) is 11.7. The maximum atomic E-state index is 14.6. The van der Waals surface area contributed by atoms with Gasteiger partial charge in [-0.25, -0.2) is 13.6 Å². The Labute approximate surface area is 250 Å². The van der Waals surface area contributed by atoms with Gasteiger partial charge in [-0.2, -0.15) is 22.7 Å². The zero-order valence-electron chi connectivity index (χ0n) is 23.7. The first kappa shape index (κ1) is 32.9. The number of rotatable bonds is 9. The third-order valence-corrected chi connectivity index (χ3v) is 9.29. The highest BCUT2D eigenvalue weighted by molar-refractivity contribution is 7.98. The number of carbonyl (C=O) groups excluding carboxylic acids is 2. The average Bonchev–Trinajstić information content (AvgIpc) is 3.08. The van der Waals surface area contributed by atoms with Crippen molar-refractivity contribution in [3.8, 4) is 6.07 Å². The van der Waals surface area contributed by atoms with Crippen LogP contribution in [-0.2, 0) is 20.5 Å². The number of aliphatic carboxylic acids is 1. The summed E-state index contributed by atoms with van der Waals surface area (Å²) in [7, 11) is 0. The van der Waals surface area contributed by atoms with Crippen molar-refractivity contribution in [1.82, 2.24) is 14.1 Å². The van der Waals surface area contributed by atoms with E-state index in [1.54, 1.807) is 13.8 Å². The molecule has 0 bridgehead atoms. The van der Waals surface area contributed by atoms with Gasteiger partial charge in [0.15, 0.2) is 0 Å². The number of amides is 3. The molecule has 3 fully saturated rings. The first-order chi connectivity index (χ1) is 20.0. The van der Waals surface area contributed by atoms with E-state index in [0.717, 1.165) is 16.4 Å². The van der Waals surface area contributed by atoms with Crippen LogP contribution < -0.4 is 0 Å². The summed E-state index contributed by atoms with van der Waals surface area (Å²) in [5, 5.41) is 17.9. The van der Waals surface area contributed by atoms with Gasteiger partial charge in [-0.15, -0.1) is 0 Å². The van der Waals surface area contributed by atoms with E-state index in [0.29, 0.717) is 37.6 Å². The van der Waals surface area contributed by atoms with E-state index >= 15 is 0 Å². The van der Waals surface area contributed by atoms with Gasteiger partial charge in [0.2, 0.25) is 0 Å². The Hall–Kier alpha value is -2.96. The highest BCUT2D eigenvalue weighted by Crippen LogP contribution is 2.42. The second-order valence-corrected chi connectivity index (χ2v) is 12.7. The van der Waals surface area contributed by atoms with E-state index < -0.39 is 65.7 Å². The third-order valence-electron chi connectivity index (χ3n) is 8.32. The molecule has 3 amide bonds. The molecule has 236 valence electrons. The van der Waals surface area contributed by atoms with E-state index in [9.17, 15) is 36.3 Å². The minimum atomic E-state index is -4.78. The van der Waals surface area contributed by atoms with Gasteiger partial charge in [-0.1, -0.05) is 0 Å². The molecule has 3 aliphatic rings. The van der Waals surface area contributed by atoms with Crippen LogP contribution >= 0.6 is 11.9 Å². The van der Waals surface area contributed by atoms with Crippen molar-refractivity contribution >= 4 is 29.9 Å². The number of ether oxygens (including phenoxy) is 1. The standard InChI is InChI=1S/C28H33F5N4O5S/c1-26(2)24(40)37(43-21-8-3-17(14-34)22(13-21)28(31,32)33)25(41)36(26)19-4-6-20(7-5-19)42-12-10-18-9-11-35(15-23(38)39)16-27(18,29)30/h3,8,13,18-20H,4-7,9-12,15-16H2,1-2H3,(H,38,39). The van der Waals surface area contributed by atoms with Crippen molar-refractivity contribution in [3.63, 3.8) is 0 Å². The lowest BCUT2D eigenvalue weighted by Gasteiger charge is -2.40. The average molecular weight is 633 g/mol. The normalized spacial score (nSPS) is 26.0. The Balaban J connectivity index is 1.31. The first-order valence-corrected chi connectivity index (χ1v) is 14.7. The molecule has 2 aliphatic heterocycles. The number of hydrogen-bond acceptors (Lipinski definition) is 7. The number of likely N-dealkylation sites (tertiary alicyclic amines) is 1. The van der Waals surface area contributed by atoms with Crippen molar-refractivity contribution in [2.75, 3.05) is 26.2 Å². The van der Waals surface area contributed by atoms with Crippen molar-refractivity contribution in [2.24, 2.45) is 5.92 Å². The second kappa shape index (κ2) is 12.6. The Morgan fingerprint density at radius 3 is 2.42 bits per heavy atom. The molecule has 1 atom stereocenters. The van der Waals surface area contributed by atoms with Crippen LogP contribution in [0.2, 0.25) is 0 Å². The number of carbonyl (C=O) groups is 3. The topological polar surface area (TPSA) is 114 Å². The number of imide groups is 1. The van der Waals surface area contributed by atoms with Crippen LogP contribution in [0.1, 0.15) is 63.5 Å². The lowest BCUT2D eigenvalue weighted by Crippen LogP contribution is -2.51. The van der Waals surface area contributed by atoms with Crippen LogP contribution in [-0.4, -0.2) is 87.0 Å². The molecule has 0 spiro atoms. The fourth-order valence-corrected chi connectivity index (χ4v) is 7.05. The molecular formula is C28H33F5N4O5S. The zero-order valence-corrected chi connectivity index (χ0v) is 24.5. The zero-order chi connectivity index (χ0) is 31.7. The number of nitrogens with zero attached hydrogens (tertiary/aromatic N) is 4. The molecule has 43 heavy (non-hydrogen) atoms. The molecule has 2 heterocycles. The third kappa shape index (κ3) is 7.24. The fourth-order valence-electron chi connectivity index (χ4n) is 6.07. The van der Waals surface area contributed by atoms with Gasteiger partial charge < -0.3 is 14.7 Å². The number of benzene rings is 1. The number of nitriles is 1. The van der Waals surface area contributed by atoms with Crippen LogP contribution in [0.3, 0.4) is 0 Å². The molecule has 9 nitrogen and oxygen atoms in total. The number of hydrogen-bond donors (Lipinski definition) is 1. The summed E-state index contributed by atoms with van der Waals surface area (Å²) in [6, 6.07) is 3.54. The smallest absolute Gasteiger partial charge is 0.417 e. The molecular weight excluding hydrogens is 599 g/mol. The number of carboxylic acids is 1. The van der Waals surface area contributed by atoms with E-state index in [-0.39, 0.29) is 43.0 Å². The summed E-state index contributed by atoms with van der Waals surface area (Å²) in [6.45, 7) is 2.54. The molecule has 2 saturated heterocycles. The van der Waals surface area contributed by atoms with Gasteiger partial charge in [0, 0.05) is 23.5 Å². The largest absolute Gasteiger partial charge is 0.480 e. The summed E-state index contributed by atoms with van der Waals surface area (Å²) in [5.74, 6) is -5.64. The summed E-state index contributed by atoms with van der Waals surface area (Å²) in [4.78, 5) is 40.2. The summed E-state index contributed by atoms with van der Waals surface area (Å²) in [6.07, 6.45) is -2.64. The van der Waals surface area contributed by atoms with E-state index in [2.05, 4.69) is 0 Å². The monoisotopic (exact) mass is 632 g/mol. The van der Waals surface area contributed by atoms with Crippen molar-refractivity contribution < 1.29 is 46.2 Å². The molecule has 0 aromatic heterocycles. The SMILES string of the molecule is CC1(C)C(=O)N(Sc2ccc(C#N)c(C(F)(F)F)c2)C(=O)N1C1CCC(OCCC2CCN(CC(=O)O)CC2(F)F)CC1. The first-order valence-electron chi connectivity index (χ1n) is 14.0. The van der Waals surface area contributed by atoms with Gasteiger partial charge in [0.05, 0.1) is 36.4 Å². The number of piperidine rings is 1. The van der Waals surface area contributed by atoms with E-state index in [1.165, 1.54) is 21.9 Å². The molecule has 1 unspecified atom stereocenters. The Kier molecular flexibility index (Phi) is 9.63. The predicted molar refractivity (Wildman–Crippen MR) is 144 cm³/mol. The summed E-state index contributed by atoms with van der Waals surface area (Å²) < 4.78 is 76.1. The lowest BCUT2D eigenvalue weighted by atomic mass is 9.88. The molecule has 4 rings (SSSR count). The lowest BCUT2D eigenvalue weighted by molar-refractivity contribution is -0.146. The van der Waals surface area contributed by atoms with Gasteiger partial charge in [0.25, 0.3) is 11.8 Å². The van der Waals surface area contributed by atoms with Gasteiger partial charge in [-0.3, -0.25) is 14.5 Å². The maximum absolute atomic E-state index is 14.6. The fraction of sp³-hybridized carbons (Fsp3) is 0.643. The molecule has 1 N–H and O–H groups in total. The quantitative estimate of drug-likeness (QED) is 0.219. The molecule has 15 heteroatoms. The number of urea groups is 1. The van der Waals surface area contributed by atoms with E-state index in [4.69, 9.17) is 15.1 Å². The molecule has 1 saturated carbocycles. The Morgan fingerprint density at radius 1 is 1.16 bits per heavy atom.